The number of para-hydroxylation sites is 1. The van der Waals surface area contributed by atoms with Crippen molar-refractivity contribution in [1.29, 1.82) is 0 Å². The molecule has 4 heteroatoms. The van der Waals surface area contributed by atoms with Crippen LogP contribution in [0.25, 0.3) is 0 Å². The largest absolute Gasteiger partial charge is 0.480 e. The molecule has 2 rings (SSSR count). The van der Waals surface area contributed by atoms with Gasteiger partial charge in [-0.25, -0.2) is 4.79 Å². The van der Waals surface area contributed by atoms with E-state index >= 15 is 0 Å². The molecule has 1 aromatic rings. The van der Waals surface area contributed by atoms with Crippen LogP contribution in [0.2, 0.25) is 5.02 Å². The summed E-state index contributed by atoms with van der Waals surface area (Å²) >= 11 is 6.18. The Morgan fingerprint density at radius 3 is 2.81 bits per heavy atom. The second-order valence-electron chi connectivity index (χ2n) is 6.58. The van der Waals surface area contributed by atoms with Gasteiger partial charge in [0, 0.05) is 0 Å². The smallest absolute Gasteiger partial charge is 0.329 e. The Labute approximate surface area is 131 Å². The average Bonchev–Trinajstić information content (AvgIpc) is 2.41. The minimum atomic E-state index is -0.886. The first-order valence-electron chi connectivity index (χ1n) is 7.69. The molecule has 1 aliphatic carbocycles. The minimum Gasteiger partial charge on any atom is -0.480 e. The van der Waals surface area contributed by atoms with Crippen LogP contribution in [-0.2, 0) is 4.79 Å². The van der Waals surface area contributed by atoms with Crippen molar-refractivity contribution in [3.63, 3.8) is 0 Å². The third-order valence-corrected chi connectivity index (χ3v) is 4.64. The van der Waals surface area contributed by atoms with E-state index in [1.807, 2.05) is 18.2 Å². The van der Waals surface area contributed by atoms with Crippen LogP contribution in [0.15, 0.2) is 24.3 Å². The van der Waals surface area contributed by atoms with Crippen LogP contribution in [0, 0.1) is 11.8 Å². The van der Waals surface area contributed by atoms with Gasteiger partial charge in [0.15, 0.2) is 0 Å². The highest BCUT2D eigenvalue weighted by molar-refractivity contribution is 6.33. The Hall–Kier alpha value is -1.22. The topological polar surface area (TPSA) is 49.3 Å². The third-order valence-electron chi connectivity index (χ3n) is 4.31. The van der Waals surface area contributed by atoms with Gasteiger partial charge < -0.3 is 10.4 Å². The van der Waals surface area contributed by atoms with E-state index in [1.165, 1.54) is 0 Å². The van der Waals surface area contributed by atoms with Crippen LogP contribution < -0.4 is 5.32 Å². The lowest BCUT2D eigenvalue weighted by Gasteiger charge is -2.39. The first-order chi connectivity index (χ1) is 9.93. The maximum atomic E-state index is 11.9. The second kappa shape index (κ2) is 6.69. The summed E-state index contributed by atoms with van der Waals surface area (Å²) in [6.45, 7) is 4.39. The number of carboxylic acid groups (broad SMARTS) is 1. The molecule has 1 fully saturated rings. The van der Waals surface area contributed by atoms with Gasteiger partial charge in [0.25, 0.3) is 0 Å². The predicted octanol–water partition coefficient (Wildman–Crippen LogP) is 4.81. The maximum Gasteiger partial charge on any atom is 0.329 e. The zero-order chi connectivity index (χ0) is 15.5. The van der Waals surface area contributed by atoms with Crippen LogP contribution in [0.4, 0.5) is 5.69 Å². The highest BCUT2D eigenvalue weighted by Gasteiger charge is 2.43. The lowest BCUT2D eigenvalue weighted by atomic mass is 9.73. The monoisotopic (exact) mass is 309 g/mol. The molecule has 2 N–H and O–H groups in total. The predicted molar refractivity (Wildman–Crippen MR) is 86.9 cm³/mol. The van der Waals surface area contributed by atoms with Gasteiger partial charge in [0.1, 0.15) is 5.54 Å². The highest BCUT2D eigenvalue weighted by atomic mass is 35.5. The van der Waals surface area contributed by atoms with Crippen molar-refractivity contribution in [1.82, 2.24) is 0 Å². The van der Waals surface area contributed by atoms with Gasteiger partial charge in [-0.2, -0.15) is 0 Å². The first-order valence-corrected chi connectivity index (χ1v) is 8.07. The SMILES string of the molecule is CC(C)CC1CCCC(Nc2ccccc2Cl)(C(=O)O)C1. The molecule has 0 amide bonds. The summed E-state index contributed by atoms with van der Waals surface area (Å²) in [5.74, 6) is 0.292. The van der Waals surface area contributed by atoms with E-state index in [2.05, 4.69) is 19.2 Å². The van der Waals surface area contributed by atoms with Crippen LogP contribution in [0.5, 0.6) is 0 Å². The Bertz CT molecular complexity index is 503. The number of carboxylic acids is 1. The summed E-state index contributed by atoms with van der Waals surface area (Å²) in [6.07, 6.45) is 4.48. The number of hydrogen-bond donors (Lipinski definition) is 2. The van der Waals surface area contributed by atoms with E-state index < -0.39 is 11.5 Å². The number of hydrogen-bond acceptors (Lipinski definition) is 2. The average molecular weight is 310 g/mol. The molecule has 0 heterocycles. The molecule has 0 bridgehead atoms. The lowest BCUT2D eigenvalue weighted by Crippen LogP contribution is -2.50. The van der Waals surface area contributed by atoms with E-state index in [1.54, 1.807) is 6.07 Å². The highest BCUT2D eigenvalue weighted by Crippen LogP contribution is 2.39. The number of aliphatic carboxylic acids is 1. The van der Waals surface area contributed by atoms with E-state index in [-0.39, 0.29) is 0 Å². The molecular weight excluding hydrogens is 286 g/mol. The van der Waals surface area contributed by atoms with E-state index in [0.29, 0.717) is 35.4 Å². The van der Waals surface area contributed by atoms with Gasteiger partial charge in [-0.3, -0.25) is 0 Å². The summed E-state index contributed by atoms with van der Waals surface area (Å²) in [5.41, 5.74) is -0.172. The molecule has 116 valence electrons. The molecule has 0 aromatic heterocycles. The lowest BCUT2D eigenvalue weighted by molar-refractivity contribution is -0.144. The van der Waals surface area contributed by atoms with E-state index in [4.69, 9.17) is 11.6 Å². The fourth-order valence-electron chi connectivity index (χ4n) is 3.44. The molecule has 1 aromatic carbocycles. The normalized spacial score (nSPS) is 25.8. The standard InChI is InChI=1S/C17H24ClNO2/c1-12(2)10-13-6-5-9-17(11-13,16(20)21)19-15-8-4-3-7-14(15)18/h3-4,7-8,12-13,19H,5-6,9-11H2,1-2H3,(H,20,21). The van der Waals surface area contributed by atoms with Crippen molar-refractivity contribution in [2.45, 2.75) is 51.5 Å². The molecular formula is C17H24ClNO2. The van der Waals surface area contributed by atoms with Crippen LogP contribution in [-0.4, -0.2) is 16.6 Å². The van der Waals surface area contributed by atoms with E-state index in [9.17, 15) is 9.90 Å². The zero-order valence-electron chi connectivity index (χ0n) is 12.7. The van der Waals surface area contributed by atoms with Crippen LogP contribution in [0.3, 0.4) is 0 Å². The number of nitrogens with one attached hydrogen (secondary N) is 1. The summed E-state index contributed by atoms with van der Waals surface area (Å²) in [6, 6.07) is 7.36. The minimum absolute atomic E-state index is 0.463. The van der Waals surface area contributed by atoms with Crippen LogP contribution in [0.1, 0.15) is 46.0 Å². The second-order valence-corrected chi connectivity index (χ2v) is 6.99. The molecule has 1 aliphatic rings. The van der Waals surface area contributed by atoms with Crippen molar-refractivity contribution in [2.75, 3.05) is 5.32 Å². The first kappa shape index (κ1) is 16.2. The fourth-order valence-corrected chi connectivity index (χ4v) is 3.62. The summed E-state index contributed by atoms with van der Waals surface area (Å²) in [5, 5.41) is 13.6. The maximum absolute atomic E-state index is 11.9. The third kappa shape index (κ3) is 3.91. The molecule has 2 atom stereocenters. The zero-order valence-corrected chi connectivity index (χ0v) is 13.5. The fraction of sp³-hybridized carbons (Fsp3) is 0.588. The molecule has 1 saturated carbocycles. The van der Waals surface area contributed by atoms with E-state index in [0.717, 1.165) is 19.3 Å². The Morgan fingerprint density at radius 1 is 1.48 bits per heavy atom. The number of halogens is 1. The Balaban J connectivity index is 2.20. The van der Waals surface area contributed by atoms with Gasteiger partial charge >= 0.3 is 5.97 Å². The Morgan fingerprint density at radius 2 is 2.19 bits per heavy atom. The molecule has 0 radical (unpaired) electrons. The van der Waals surface area contributed by atoms with Crippen molar-refractivity contribution in [2.24, 2.45) is 11.8 Å². The van der Waals surface area contributed by atoms with Gasteiger partial charge in [-0.05, 0) is 43.2 Å². The summed E-state index contributed by atoms with van der Waals surface area (Å²) in [4.78, 5) is 11.9. The van der Waals surface area contributed by atoms with Gasteiger partial charge in [0.05, 0.1) is 10.7 Å². The Kier molecular flexibility index (Phi) is 5.15. The number of carbonyl (C=O) groups is 1. The number of anilines is 1. The molecule has 0 spiro atoms. The van der Waals surface area contributed by atoms with Crippen molar-refractivity contribution >= 4 is 23.3 Å². The van der Waals surface area contributed by atoms with Gasteiger partial charge in [-0.1, -0.05) is 50.4 Å². The summed E-state index contributed by atoms with van der Waals surface area (Å²) in [7, 11) is 0. The quantitative estimate of drug-likeness (QED) is 0.820. The van der Waals surface area contributed by atoms with Crippen molar-refractivity contribution in [3.8, 4) is 0 Å². The number of benzene rings is 1. The molecule has 21 heavy (non-hydrogen) atoms. The molecule has 0 aliphatic heterocycles. The number of rotatable bonds is 5. The summed E-state index contributed by atoms with van der Waals surface area (Å²) < 4.78 is 0. The molecule has 3 nitrogen and oxygen atoms in total. The molecule has 2 unspecified atom stereocenters. The van der Waals surface area contributed by atoms with Gasteiger partial charge in [0.2, 0.25) is 0 Å². The van der Waals surface area contributed by atoms with Crippen LogP contribution >= 0.6 is 11.6 Å². The van der Waals surface area contributed by atoms with Crippen molar-refractivity contribution < 1.29 is 9.90 Å². The van der Waals surface area contributed by atoms with Gasteiger partial charge in [-0.15, -0.1) is 0 Å². The van der Waals surface area contributed by atoms with Crippen molar-refractivity contribution in [3.05, 3.63) is 29.3 Å². The molecule has 0 saturated heterocycles.